The van der Waals surface area contributed by atoms with Crippen molar-refractivity contribution in [3.8, 4) is 0 Å². The zero-order valence-corrected chi connectivity index (χ0v) is 29.1. The first-order valence-corrected chi connectivity index (χ1v) is 18.4. The van der Waals surface area contributed by atoms with Crippen molar-refractivity contribution in [1.82, 2.24) is 0 Å². The lowest BCUT2D eigenvalue weighted by atomic mass is 9.90. The fraction of sp³-hybridized carbons (Fsp3) is 0.211. The Labute approximate surface area is 289 Å². The van der Waals surface area contributed by atoms with Crippen LogP contribution in [0.25, 0.3) is 21.5 Å². The molecule has 2 heterocycles. The summed E-state index contributed by atoms with van der Waals surface area (Å²) in [4.78, 5) is 29.0. The Morgan fingerprint density at radius 2 is 1.02 bits per heavy atom. The Kier molecular flexibility index (Phi) is 8.77. The van der Waals surface area contributed by atoms with E-state index in [9.17, 15) is 9.59 Å². The summed E-state index contributed by atoms with van der Waals surface area (Å²) in [6, 6.07) is 23.2. The number of carbonyl (C=O) groups is 2. The van der Waals surface area contributed by atoms with Gasteiger partial charge in [-0.15, -0.1) is 22.7 Å². The van der Waals surface area contributed by atoms with Gasteiger partial charge in [-0.3, -0.25) is 9.59 Å². The molecule has 8 rings (SSSR count). The number of hydrogen-bond donors (Lipinski definition) is 2. The number of hydrogen-bond acceptors (Lipinski definition) is 6. The molecule has 2 aliphatic carbocycles. The van der Waals surface area contributed by atoms with Crippen molar-refractivity contribution in [3.63, 3.8) is 0 Å². The van der Waals surface area contributed by atoms with Gasteiger partial charge in [-0.1, -0.05) is 76.1 Å². The fourth-order valence-electron chi connectivity index (χ4n) is 6.86. The van der Waals surface area contributed by atoms with Crippen LogP contribution in [-0.4, -0.2) is 11.6 Å². The normalized spacial score (nSPS) is 14.0. The van der Waals surface area contributed by atoms with Crippen LogP contribution in [0.1, 0.15) is 78.4 Å². The predicted molar refractivity (Wildman–Crippen MR) is 198 cm³/mol. The molecule has 0 bridgehead atoms. The first-order chi connectivity index (χ1) is 22.3. The van der Waals surface area contributed by atoms with Gasteiger partial charge >= 0.3 is 0 Å². The van der Waals surface area contributed by atoms with Crippen molar-refractivity contribution in [2.24, 2.45) is 0 Å². The lowest BCUT2D eigenvalue weighted by Crippen LogP contribution is -2.09. The van der Waals surface area contributed by atoms with Gasteiger partial charge in [-0.2, -0.15) is 0 Å². The van der Waals surface area contributed by atoms with Gasteiger partial charge in [0.05, 0.1) is 21.1 Å². The molecule has 6 aromatic rings. The summed E-state index contributed by atoms with van der Waals surface area (Å²) in [7, 11) is 0. The average Bonchev–Trinajstić information content (AvgIpc) is 3.60. The second kappa shape index (κ2) is 13.0. The largest absolute Gasteiger partial charge is 0.390 e. The third kappa shape index (κ3) is 5.57. The number of halogens is 2. The van der Waals surface area contributed by atoms with Gasteiger partial charge in [-0.05, 0) is 103 Å². The van der Waals surface area contributed by atoms with Crippen LogP contribution in [0.2, 0.25) is 5.02 Å². The number of aryl methyl sites for hydroxylation is 2. The maximum Gasteiger partial charge on any atom is 0.196 e. The third-order valence-electron chi connectivity index (χ3n) is 9.08. The summed E-state index contributed by atoms with van der Waals surface area (Å²) >= 11 is 13.0. The number of anilines is 2. The van der Waals surface area contributed by atoms with E-state index in [4.69, 9.17) is 23.1 Å². The van der Waals surface area contributed by atoms with E-state index >= 15 is 0 Å². The Morgan fingerprint density at radius 3 is 1.57 bits per heavy atom. The molecule has 0 atom stereocenters. The zero-order valence-electron chi connectivity index (χ0n) is 25.1. The summed E-state index contributed by atoms with van der Waals surface area (Å²) in [6.07, 6.45) is 8.67. The van der Waals surface area contributed by atoms with E-state index in [0.29, 0.717) is 20.6 Å². The molecule has 4 nitrogen and oxygen atoms in total. The van der Waals surface area contributed by atoms with Crippen molar-refractivity contribution in [2.75, 3.05) is 11.5 Å². The predicted octanol–water partition coefficient (Wildman–Crippen LogP) is 10.6. The molecule has 0 saturated carbocycles. The van der Waals surface area contributed by atoms with Crippen molar-refractivity contribution < 1.29 is 9.59 Å². The first-order valence-electron chi connectivity index (χ1n) is 15.6. The minimum atomic E-state index is 0.0229. The second-order valence-electron chi connectivity index (χ2n) is 11.8. The van der Waals surface area contributed by atoms with Gasteiger partial charge in [0.15, 0.2) is 11.6 Å². The maximum absolute atomic E-state index is 13.2. The fourth-order valence-corrected chi connectivity index (χ4v) is 9.88. The maximum atomic E-state index is 13.2. The van der Waals surface area contributed by atoms with Gasteiger partial charge < -0.3 is 11.5 Å². The highest BCUT2D eigenvalue weighted by Crippen LogP contribution is 2.40. The van der Waals surface area contributed by atoms with Crippen LogP contribution in [0.4, 0.5) is 10.0 Å². The van der Waals surface area contributed by atoms with Crippen molar-refractivity contribution in [2.45, 2.75) is 51.4 Å². The number of nitrogen functional groups attached to an aromatic ring is 2. The molecule has 0 unspecified atom stereocenters. The van der Waals surface area contributed by atoms with E-state index in [1.165, 1.54) is 33.7 Å². The Morgan fingerprint density at radius 1 is 0.587 bits per heavy atom. The molecular formula is C38H32BrClN2O2S2. The Bertz CT molecular complexity index is 2010. The molecule has 8 heteroatoms. The highest BCUT2D eigenvalue weighted by atomic mass is 79.9. The van der Waals surface area contributed by atoms with Crippen LogP contribution >= 0.6 is 50.2 Å². The lowest BCUT2D eigenvalue weighted by Gasteiger charge is -2.13. The quantitative estimate of drug-likeness (QED) is 0.177. The summed E-state index contributed by atoms with van der Waals surface area (Å²) in [5.74, 6) is 0.0837. The van der Waals surface area contributed by atoms with Crippen LogP contribution in [0.5, 0.6) is 0 Å². The molecule has 4 N–H and O–H groups in total. The molecule has 0 saturated heterocycles. The molecular weight excluding hydrogens is 696 g/mol. The van der Waals surface area contributed by atoms with Crippen molar-refractivity contribution in [1.29, 1.82) is 0 Å². The van der Waals surface area contributed by atoms with E-state index < -0.39 is 0 Å². The Balaban J connectivity index is 0.000000147. The lowest BCUT2D eigenvalue weighted by molar-refractivity contribution is 0.103. The molecule has 4 aromatic carbocycles. The number of nitrogens with two attached hydrogens (primary N) is 2. The first kappa shape index (κ1) is 31.1. The van der Waals surface area contributed by atoms with E-state index in [2.05, 4.69) is 15.9 Å². The van der Waals surface area contributed by atoms with E-state index in [1.54, 1.807) is 28.7 Å². The van der Waals surface area contributed by atoms with Gasteiger partial charge in [0, 0.05) is 35.8 Å². The zero-order chi connectivity index (χ0) is 31.9. The summed E-state index contributed by atoms with van der Waals surface area (Å²) in [5, 5.41) is 5.82. The number of rotatable bonds is 4. The van der Waals surface area contributed by atoms with Crippen LogP contribution in [0, 0.1) is 0 Å². The summed E-state index contributed by atoms with van der Waals surface area (Å²) < 4.78 is 1.00. The summed E-state index contributed by atoms with van der Waals surface area (Å²) in [6.45, 7) is 0. The van der Waals surface area contributed by atoms with Crippen molar-refractivity contribution >= 4 is 93.3 Å². The highest BCUT2D eigenvalue weighted by molar-refractivity contribution is 9.10. The van der Waals surface area contributed by atoms with Crippen molar-refractivity contribution in [3.05, 3.63) is 125 Å². The van der Waals surface area contributed by atoms with Gasteiger partial charge in [0.1, 0.15) is 0 Å². The van der Waals surface area contributed by atoms with Gasteiger partial charge in [0.2, 0.25) is 0 Å². The van der Waals surface area contributed by atoms with Gasteiger partial charge in [-0.25, -0.2) is 0 Å². The molecule has 2 aliphatic rings. The van der Waals surface area contributed by atoms with Crippen LogP contribution in [0.15, 0.2) is 77.3 Å². The SMILES string of the molecule is Nc1sc2c(c1C(=O)c1ccc(Br)c3ccccc13)CCCC2.Nc1sc2c(c1C(=O)c1ccc(Cl)c3ccccc13)CCCC2. The second-order valence-corrected chi connectivity index (χ2v) is 15.4. The molecule has 232 valence electrons. The molecule has 0 spiro atoms. The number of ketones is 2. The topological polar surface area (TPSA) is 86.2 Å². The monoisotopic (exact) mass is 726 g/mol. The number of fused-ring (bicyclic) bond motifs is 4. The molecule has 0 amide bonds. The van der Waals surface area contributed by atoms with E-state index in [1.807, 2.05) is 66.7 Å². The standard InChI is InChI=1S/C19H16BrNOS.C19H16ClNOS/c2*20-15-10-9-13(11-5-1-2-6-12(11)15)18(22)17-14-7-3-4-8-16(14)23-19(17)21/h2*1-2,5-6,9-10H,3-4,7-8,21H2. The molecule has 46 heavy (non-hydrogen) atoms. The average molecular weight is 728 g/mol. The number of carbonyl (C=O) groups excluding carboxylic acids is 2. The minimum absolute atomic E-state index is 0.0229. The molecule has 0 radical (unpaired) electrons. The van der Waals surface area contributed by atoms with E-state index in [0.717, 1.165) is 81.2 Å². The summed E-state index contributed by atoms with van der Waals surface area (Å²) in [5.41, 5.74) is 17.7. The third-order valence-corrected chi connectivity index (χ3v) is 12.3. The van der Waals surface area contributed by atoms with Crippen LogP contribution in [0.3, 0.4) is 0 Å². The smallest absolute Gasteiger partial charge is 0.196 e. The van der Waals surface area contributed by atoms with Crippen LogP contribution in [-0.2, 0) is 25.7 Å². The minimum Gasteiger partial charge on any atom is -0.390 e. The van der Waals surface area contributed by atoms with E-state index in [-0.39, 0.29) is 11.6 Å². The van der Waals surface area contributed by atoms with Gasteiger partial charge in [0.25, 0.3) is 0 Å². The highest BCUT2D eigenvalue weighted by Gasteiger charge is 2.27. The number of benzene rings is 4. The Hall–Kier alpha value is -3.49. The molecule has 0 fully saturated rings. The molecule has 2 aromatic heterocycles. The number of thiophene rings is 2. The van der Waals surface area contributed by atoms with Crippen LogP contribution < -0.4 is 11.5 Å². The molecule has 0 aliphatic heterocycles.